The Labute approximate surface area is 159 Å². The lowest BCUT2D eigenvalue weighted by Gasteiger charge is -2.08. The summed E-state index contributed by atoms with van der Waals surface area (Å²) in [5.74, 6) is -1.43. The van der Waals surface area contributed by atoms with Crippen molar-refractivity contribution in [2.45, 2.75) is 13.8 Å². The van der Waals surface area contributed by atoms with Gasteiger partial charge in [-0.1, -0.05) is 15.9 Å². The van der Waals surface area contributed by atoms with E-state index in [2.05, 4.69) is 31.8 Å². The van der Waals surface area contributed by atoms with Crippen LogP contribution < -0.4 is 15.5 Å². The maximum atomic E-state index is 12.0. The summed E-state index contributed by atoms with van der Waals surface area (Å²) in [5, 5.41) is 16.0. The first kappa shape index (κ1) is 19.5. The van der Waals surface area contributed by atoms with Crippen molar-refractivity contribution in [1.82, 2.24) is 5.43 Å². The highest BCUT2D eigenvalue weighted by Gasteiger charge is 2.14. The molecule has 0 aromatic heterocycles. The summed E-state index contributed by atoms with van der Waals surface area (Å²) in [4.78, 5) is 23.9. The van der Waals surface area contributed by atoms with E-state index in [-0.39, 0.29) is 11.5 Å². The molecular weight excluding hydrogens is 402 g/mol. The van der Waals surface area contributed by atoms with Gasteiger partial charge >= 0.3 is 11.8 Å². The first-order valence-electron chi connectivity index (χ1n) is 7.61. The van der Waals surface area contributed by atoms with Crippen LogP contribution in [-0.2, 0) is 9.59 Å². The van der Waals surface area contributed by atoms with Gasteiger partial charge in [0.15, 0.2) is 11.5 Å². The number of carbonyl (C=O) groups is 2. The van der Waals surface area contributed by atoms with Crippen LogP contribution in [0.1, 0.15) is 18.1 Å². The number of rotatable bonds is 4. The molecule has 26 heavy (non-hydrogen) atoms. The second-order valence-electron chi connectivity index (χ2n) is 5.44. The van der Waals surface area contributed by atoms with E-state index in [1.807, 2.05) is 13.0 Å². The molecule has 0 aliphatic rings. The molecular formula is C18H18BrN3O4. The van der Waals surface area contributed by atoms with Gasteiger partial charge in [-0.25, -0.2) is 5.43 Å². The summed E-state index contributed by atoms with van der Waals surface area (Å²) in [5.41, 5.74) is 4.64. The predicted octanol–water partition coefficient (Wildman–Crippen LogP) is 2.95. The number of aromatic hydroxyl groups is 1. The van der Waals surface area contributed by atoms with E-state index < -0.39 is 11.8 Å². The molecule has 0 fully saturated rings. The molecule has 2 rings (SSSR count). The van der Waals surface area contributed by atoms with Gasteiger partial charge in [0.05, 0.1) is 12.8 Å². The Hall–Kier alpha value is -2.87. The normalized spacial score (nSPS) is 11.0. The van der Waals surface area contributed by atoms with Gasteiger partial charge in [0.2, 0.25) is 0 Å². The second kappa shape index (κ2) is 8.48. The monoisotopic (exact) mass is 419 g/mol. The fourth-order valence-electron chi connectivity index (χ4n) is 2.10. The number of hydrogen-bond acceptors (Lipinski definition) is 5. The third-order valence-corrected chi connectivity index (χ3v) is 4.06. The summed E-state index contributed by atoms with van der Waals surface area (Å²) >= 11 is 3.33. The molecule has 8 heteroatoms. The molecule has 0 unspecified atom stereocenters. The number of methoxy groups -OCH3 is 1. The number of amides is 2. The molecule has 0 saturated carbocycles. The van der Waals surface area contributed by atoms with E-state index in [1.165, 1.54) is 13.2 Å². The first-order chi connectivity index (χ1) is 12.3. The van der Waals surface area contributed by atoms with Crippen LogP contribution in [0.4, 0.5) is 5.69 Å². The number of carbonyl (C=O) groups excluding carboxylic acids is 2. The zero-order valence-electron chi connectivity index (χ0n) is 14.5. The van der Waals surface area contributed by atoms with Crippen LogP contribution >= 0.6 is 15.9 Å². The number of anilines is 1. The summed E-state index contributed by atoms with van der Waals surface area (Å²) in [6.45, 7) is 3.47. The van der Waals surface area contributed by atoms with E-state index in [0.29, 0.717) is 17.0 Å². The number of nitrogens with one attached hydrogen (secondary N) is 2. The summed E-state index contributed by atoms with van der Waals surface area (Å²) in [7, 11) is 1.43. The summed E-state index contributed by atoms with van der Waals surface area (Å²) in [6.07, 6.45) is 0. The van der Waals surface area contributed by atoms with E-state index >= 15 is 0 Å². The van der Waals surface area contributed by atoms with Gasteiger partial charge < -0.3 is 15.2 Å². The quantitative estimate of drug-likeness (QED) is 0.402. The number of phenols is 1. The molecule has 0 aliphatic heterocycles. The molecule has 0 radical (unpaired) electrons. The van der Waals surface area contributed by atoms with Crippen LogP contribution in [0.2, 0.25) is 0 Å². The summed E-state index contributed by atoms with van der Waals surface area (Å²) < 4.78 is 5.90. The maximum Gasteiger partial charge on any atom is 0.329 e. The Morgan fingerprint density at radius 2 is 1.88 bits per heavy atom. The van der Waals surface area contributed by atoms with Gasteiger partial charge in [0, 0.05) is 15.7 Å². The number of benzene rings is 2. The van der Waals surface area contributed by atoms with Gasteiger partial charge in [-0.15, -0.1) is 0 Å². The van der Waals surface area contributed by atoms with E-state index in [4.69, 9.17) is 4.74 Å². The molecule has 2 aromatic carbocycles. The molecule has 0 aliphatic carbocycles. The van der Waals surface area contributed by atoms with E-state index in [9.17, 15) is 14.7 Å². The molecule has 136 valence electrons. The van der Waals surface area contributed by atoms with Crippen LogP contribution in [0.5, 0.6) is 11.5 Å². The lowest BCUT2D eigenvalue weighted by atomic mass is 10.1. The Kier molecular flexibility index (Phi) is 6.35. The third kappa shape index (κ3) is 4.82. The number of halogens is 1. The smallest absolute Gasteiger partial charge is 0.329 e. The van der Waals surface area contributed by atoms with Crippen molar-refractivity contribution in [2.75, 3.05) is 12.4 Å². The molecule has 0 heterocycles. The Morgan fingerprint density at radius 3 is 2.54 bits per heavy atom. The van der Waals surface area contributed by atoms with Crippen LogP contribution in [0.25, 0.3) is 0 Å². The SMILES string of the molecule is COc1cc(/C(C)=N\NC(=O)C(=O)Nc2ccc(Br)cc2C)ccc1O. The van der Waals surface area contributed by atoms with Crippen molar-refractivity contribution in [1.29, 1.82) is 0 Å². The summed E-state index contributed by atoms with van der Waals surface area (Å²) in [6, 6.07) is 9.94. The van der Waals surface area contributed by atoms with Gasteiger partial charge in [-0.05, 0) is 55.8 Å². The fourth-order valence-corrected chi connectivity index (χ4v) is 2.57. The predicted molar refractivity (Wildman–Crippen MR) is 103 cm³/mol. The zero-order chi connectivity index (χ0) is 19.3. The van der Waals surface area contributed by atoms with E-state index in [0.717, 1.165) is 10.0 Å². The standard InChI is InChI=1S/C18H18BrN3O4/c1-10-8-13(19)5-6-14(10)20-17(24)18(25)22-21-11(2)12-4-7-15(23)16(9-12)26-3/h4-9,23H,1-3H3,(H,20,24)(H,22,25)/b21-11-. The topological polar surface area (TPSA) is 100 Å². The highest BCUT2D eigenvalue weighted by Crippen LogP contribution is 2.26. The number of aryl methyl sites for hydroxylation is 1. The molecule has 2 amide bonds. The molecule has 7 nitrogen and oxygen atoms in total. The lowest BCUT2D eigenvalue weighted by Crippen LogP contribution is -2.33. The van der Waals surface area contributed by atoms with E-state index in [1.54, 1.807) is 31.2 Å². The molecule has 0 saturated heterocycles. The van der Waals surface area contributed by atoms with Gasteiger partial charge in [-0.2, -0.15) is 5.10 Å². The van der Waals surface area contributed by atoms with Crippen molar-refractivity contribution in [3.63, 3.8) is 0 Å². The van der Waals surface area contributed by atoms with Crippen molar-refractivity contribution < 1.29 is 19.4 Å². The van der Waals surface area contributed by atoms with Crippen LogP contribution in [0.3, 0.4) is 0 Å². The number of hydrazone groups is 1. The second-order valence-corrected chi connectivity index (χ2v) is 6.35. The highest BCUT2D eigenvalue weighted by atomic mass is 79.9. The zero-order valence-corrected chi connectivity index (χ0v) is 16.0. The van der Waals surface area contributed by atoms with Crippen LogP contribution in [0, 0.1) is 6.92 Å². The minimum absolute atomic E-state index is 0.00247. The average molecular weight is 420 g/mol. The maximum absolute atomic E-state index is 12.0. The third-order valence-electron chi connectivity index (χ3n) is 3.57. The molecule has 0 spiro atoms. The fraction of sp³-hybridized carbons (Fsp3) is 0.167. The molecule has 2 aromatic rings. The van der Waals surface area contributed by atoms with Gasteiger partial charge in [0.1, 0.15) is 0 Å². The van der Waals surface area contributed by atoms with Crippen LogP contribution in [-0.4, -0.2) is 29.7 Å². The average Bonchev–Trinajstić information content (AvgIpc) is 2.62. The van der Waals surface area contributed by atoms with Gasteiger partial charge in [-0.3, -0.25) is 9.59 Å². The lowest BCUT2D eigenvalue weighted by molar-refractivity contribution is -0.136. The van der Waals surface area contributed by atoms with Crippen molar-refractivity contribution in [3.8, 4) is 11.5 Å². The van der Waals surface area contributed by atoms with Crippen molar-refractivity contribution in [3.05, 3.63) is 52.0 Å². The number of ether oxygens (including phenoxy) is 1. The number of hydrogen-bond donors (Lipinski definition) is 3. The minimum atomic E-state index is -0.891. The number of nitrogens with zero attached hydrogens (tertiary/aromatic N) is 1. The largest absolute Gasteiger partial charge is 0.504 e. The Morgan fingerprint density at radius 1 is 1.15 bits per heavy atom. The highest BCUT2D eigenvalue weighted by molar-refractivity contribution is 9.10. The van der Waals surface area contributed by atoms with Gasteiger partial charge in [0.25, 0.3) is 0 Å². The van der Waals surface area contributed by atoms with Crippen molar-refractivity contribution in [2.24, 2.45) is 5.10 Å². The Bertz CT molecular complexity index is 881. The molecule has 3 N–H and O–H groups in total. The minimum Gasteiger partial charge on any atom is -0.504 e. The Balaban J connectivity index is 2.04. The van der Waals surface area contributed by atoms with Crippen molar-refractivity contribution >= 4 is 39.1 Å². The van der Waals surface area contributed by atoms with Crippen LogP contribution in [0.15, 0.2) is 46.0 Å². The molecule has 0 bridgehead atoms. The number of phenolic OH excluding ortho intramolecular Hbond substituents is 1. The molecule has 0 atom stereocenters. The first-order valence-corrected chi connectivity index (χ1v) is 8.40.